The Morgan fingerprint density at radius 1 is 0.774 bits per heavy atom. The highest BCUT2D eigenvalue weighted by Crippen LogP contribution is 2.11. The van der Waals surface area contributed by atoms with Gasteiger partial charge in [0.05, 0.1) is 13.0 Å². The highest BCUT2D eigenvalue weighted by Gasteiger charge is 2.21. The molecule has 1 saturated heterocycles. The second-order valence-corrected chi connectivity index (χ2v) is 8.86. The van der Waals surface area contributed by atoms with Crippen LogP contribution in [0.15, 0.2) is 0 Å². The molecule has 0 N–H and O–H groups in total. The van der Waals surface area contributed by atoms with Gasteiger partial charge in [-0.1, -0.05) is 78.1 Å². The summed E-state index contributed by atoms with van der Waals surface area (Å²) in [5.74, 6) is -0.756. The van der Waals surface area contributed by atoms with Gasteiger partial charge in [0.2, 0.25) is 0 Å². The molecule has 1 atom stereocenters. The maximum atomic E-state index is 12.0. The van der Waals surface area contributed by atoms with Crippen LogP contribution in [0.25, 0.3) is 0 Å². The minimum atomic E-state index is -0.822. The van der Waals surface area contributed by atoms with Crippen molar-refractivity contribution in [1.82, 2.24) is 9.80 Å². The maximum Gasteiger partial charge on any atom is 0.347 e. The Balaban J connectivity index is 1.95. The molecule has 1 fully saturated rings. The van der Waals surface area contributed by atoms with Crippen LogP contribution in [-0.2, 0) is 19.1 Å². The number of esters is 2. The van der Waals surface area contributed by atoms with Gasteiger partial charge in [-0.3, -0.25) is 4.79 Å². The fourth-order valence-corrected chi connectivity index (χ4v) is 3.94. The van der Waals surface area contributed by atoms with Crippen LogP contribution < -0.4 is 0 Å². The summed E-state index contributed by atoms with van der Waals surface area (Å²) in [7, 11) is 0. The van der Waals surface area contributed by atoms with Crippen molar-refractivity contribution in [2.75, 3.05) is 45.9 Å². The molecule has 31 heavy (non-hydrogen) atoms. The molecule has 0 bridgehead atoms. The van der Waals surface area contributed by atoms with Gasteiger partial charge in [-0.2, -0.15) is 0 Å². The van der Waals surface area contributed by atoms with Crippen LogP contribution in [0.3, 0.4) is 0 Å². The largest absolute Gasteiger partial charge is 0.463 e. The van der Waals surface area contributed by atoms with E-state index in [0.717, 1.165) is 45.6 Å². The number of rotatable bonds is 18. The molecule has 1 rings (SSSR count). The topological polar surface area (TPSA) is 59.1 Å². The smallest absolute Gasteiger partial charge is 0.347 e. The predicted octanol–water partition coefficient (Wildman–Crippen LogP) is 4.80. The lowest BCUT2D eigenvalue weighted by Crippen LogP contribution is -2.46. The Hall–Kier alpha value is -1.14. The van der Waals surface area contributed by atoms with E-state index in [9.17, 15) is 9.59 Å². The molecule has 0 amide bonds. The third-order valence-corrected chi connectivity index (χ3v) is 6.18. The van der Waals surface area contributed by atoms with Crippen molar-refractivity contribution < 1.29 is 19.1 Å². The predicted molar refractivity (Wildman–Crippen MR) is 126 cm³/mol. The standard InChI is InChI=1S/C25H48N2O4/c1-4-6-7-8-9-10-11-12-13-14-15-22-30-25(29)23(3)31-24(28)16-17-27-20-18-26(5-2)19-21-27/h23H,4-22H2,1-3H3. The van der Waals surface area contributed by atoms with Crippen LogP contribution in [0, 0.1) is 0 Å². The summed E-state index contributed by atoms with van der Waals surface area (Å²) in [6.07, 6.45) is 13.4. The molecule has 1 aliphatic rings. The number of likely N-dealkylation sites (N-methyl/N-ethyl adjacent to an activating group) is 1. The lowest BCUT2D eigenvalue weighted by atomic mass is 10.1. The molecule has 0 saturated carbocycles. The first kappa shape index (κ1) is 27.9. The molecule has 0 aromatic heterocycles. The first-order valence-corrected chi connectivity index (χ1v) is 12.9. The monoisotopic (exact) mass is 440 g/mol. The highest BCUT2D eigenvalue weighted by atomic mass is 16.6. The Kier molecular flexibility index (Phi) is 16.6. The maximum absolute atomic E-state index is 12.0. The van der Waals surface area contributed by atoms with Gasteiger partial charge in [-0.15, -0.1) is 0 Å². The number of ether oxygens (including phenoxy) is 2. The molecular formula is C25H48N2O4. The summed E-state index contributed by atoms with van der Waals surface area (Å²) in [5.41, 5.74) is 0. The van der Waals surface area contributed by atoms with Gasteiger partial charge >= 0.3 is 11.9 Å². The van der Waals surface area contributed by atoms with Gasteiger partial charge in [-0.05, 0) is 19.9 Å². The minimum Gasteiger partial charge on any atom is -0.463 e. The van der Waals surface area contributed by atoms with Crippen molar-refractivity contribution >= 4 is 11.9 Å². The lowest BCUT2D eigenvalue weighted by molar-refractivity contribution is -0.166. The molecule has 0 radical (unpaired) electrons. The Bertz CT molecular complexity index is 464. The van der Waals surface area contributed by atoms with Crippen molar-refractivity contribution in [1.29, 1.82) is 0 Å². The molecule has 6 heteroatoms. The Morgan fingerprint density at radius 3 is 1.84 bits per heavy atom. The van der Waals surface area contributed by atoms with E-state index in [4.69, 9.17) is 9.47 Å². The van der Waals surface area contributed by atoms with Gasteiger partial charge in [0.15, 0.2) is 6.10 Å². The molecule has 0 aromatic carbocycles. The van der Waals surface area contributed by atoms with Gasteiger partial charge in [0, 0.05) is 32.7 Å². The van der Waals surface area contributed by atoms with E-state index in [-0.39, 0.29) is 5.97 Å². The number of unbranched alkanes of at least 4 members (excludes halogenated alkanes) is 10. The molecule has 0 aliphatic carbocycles. The Labute approximate surface area is 191 Å². The number of carbonyl (C=O) groups is 2. The summed E-state index contributed by atoms with van der Waals surface area (Å²) < 4.78 is 10.5. The summed E-state index contributed by atoms with van der Waals surface area (Å²) >= 11 is 0. The molecule has 1 heterocycles. The first-order valence-electron chi connectivity index (χ1n) is 12.9. The summed E-state index contributed by atoms with van der Waals surface area (Å²) in [5, 5.41) is 0. The van der Waals surface area contributed by atoms with Crippen molar-refractivity contribution in [2.24, 2.45) is 0 Å². The summed E-state index contributed by atoms with van der Waals surface area (Å²) in [4.78, 5) is 28.7. The fourth-order valence-electron chi connectivity index (χ4n) is 3.94. The second kappa shape index (κ2) is 18.4. The molecule has 1 unspecified atom stereocenters. The van der Waals surface area contributed by atoms with E-state index in [1.54, 1.807) is 6.92 Å². The fraction of sp³-hybridized carbons (Fsp3) is 0.920. The van der Waals surface area contributed by atoms with Crippen LogP contribution in [0.4, 0.5) is 0 Å². The quantitative estimate of drug-likeness (QED) is 0.225. The van der Waals surface area contributed by atoms with Crippen molar-refractivity contribution in [2.45, 2.75) is 104 Å². The van der Waals surface area contributed by atoms with E-state index in [0.29, 0.717) is 19.6 Å². The number of nitrogens with zero attached hydrogens (tertiary/aromatic N) is 2. The number of carbonyl (C=O) groups excluding carboxylic acids is 2. The van der Waals surface area contributed by atoms with E-state index in [2.05, 4.69) is 23.6 Å². The van der Waals surface area contributed by atoms with Gasteiger partial charge < -0.3 is 19.3 Å². The molecule has 0 aromatic rings. The number of hydrogen-bond donors (Lipinski definition) is 0. The molecular weight excluding hydrogens is 392 g/mol. The second-order valence-electron chi connectivity index (χ2n) is 8.86. The average molecular weight is 441 g/mol. The third-order valence-electron chi connectivity index (χ3n) is 6.18. The summed E-state index contributed by atoms with van der Waals surface area (Å²) in [6.45, 7) is 12.3. The zero-order chi connectivity index (χ0) is 22.7. The third kappa shape index (κ3) is 14.5. The normalized spacial score (nSPS) is 16.2. The van der Waals surface area contributed by atoms with E-state index < -0.39 is 12.1 Å². The molecule has 0 spiro atoms. The van der Waals surface area contributed by atoms with Gasteiger partial charge in [-0.25, -0.2) is 4.79 Å². The highest BCUT2D eigenvalue weighted by molar-refractivity contribution is 5.79. The van der Waals surface area contributed by atoms with Gasteiger partial charge in [0.25, 0.3) is 0 Å². The molecule has 182 valence electrons. The van der Waals surface area contributed by atoms with Crippen LogP contribution in [0.1, 0.15) is 97.8 Å². The van der Waals surface area contributed by atoms with Crippen LogP contribution in [0.2, 0.25) is 0 Å². The van der Waals surface area contributed by atoms with E-state index in [1.807, 2.05) is 0 Å². The van der Waals surface area contributed by atoms with Crippen molar-refractivity contribution in [3.8, 4) is 0 Å². The number of hydrogen-bond acceptors (Lipinski definition) is 6. The summed E-state index contributed by atoms with van der Waals surface area (Å²) in [6, 6.07) is 0. The Morgan fingerprint density at radius 2 is 1.29 bits per heavy atom. The first-order chi connectivity index (χ1) is 15.1. The molecule has 6 nitrogen and oxygen atoms in total. The average Bonchev–Trinajstić information content (AvgIpc) is 2.78. The lowest BCUT2D eigenvalue weighted by Gasteiger charge is -2.33. The van der Waals surface area contributed by atoms with Crippen molar-refractivity contribution in [3.63, 3.8) is 0 Å². The molecule has 1 aliphatic heterocycles. The zero-order valence-corrected chi connectivity index (χ0v) is 20.5. The SMILES string of the molecule is CCCCCCCCCCCCCOC(=O)C(C)OC(=O)CCN1CCN(CC)CC1. The van der Waals surface area contributed by atoms with Crippen LogP contribution in [-0.4, -0.2) is 73.7 Å². The van der Waals surface area contributed by atoms with E-state index in [1.165, 1.54) is 57.8 Å². The zero-order valence-electron chi connectivity index (χ0n) is 20.5. The minimum absolute atomic E-state index is 0.322. The van der Waals surface area contributed by atoms with Crippen LogP contribution in [0.5, 0.6) is 0 Å². The van der Waals surface area contributed by atoms with Crippen molar-refractivity contribution in [3.05, 3.63) is 0 Å². The number of piperazine rings is 1. The van der Waals surface area contributed by atoms with E-state index >= 15 is 0 Å². The van der Waals surface area contributed by atoms with Gasteiger partial charge in [0.1, 0.15) is 0 Å². The van der Waals surface area contributed by atoms with Crippen LogP contribution >= 0.6 is 0 Å².